The van der Waals surface area contributed by atoms with E-state index in [9.17, 15) is 4.79 Å². The molecule has 1 heterocycles. The molecule has 1 N–H and O–H groups in total. The molecule has 1 aliphatic carbocycles. The molecule has 2 aliphatic rings. The van der Waals surface area contributed by atoms with Crippen molar-refractivity contribution in [3.8, 4) is 0 Å². The molecule has 1 amide bonds. The molecule has 0 radical (unpaired) electrons. The van der Waals surface area contributed by atoms with Gasteiger partial charge in [-0.2, -0.15) is 0 Å². The quantitative estimate of drug-likeness (QED) is 0.449. The molecule has 0 bridgehead atoms. The molecule has 7 heteroatoms. The molecule has 25 heavy (non-hydrogen) atoms. The zero-order chi connectivity index (χ0) is 17.9. The van der Waals surface area contributed by atoms with Crippen LogP contribution in [0.1, 0.15) is 45.4 Å². The Bertz CT molecular complexity index is 417. The summed E-state index contributed by atoms with van der Waals surface area (Å²) in [6, 6.07) is 0. The summed E-state index contributed by atoms with van der Waals surface area (Å²) >= 11 is 0. The molecule has 2 rings (SSSR count). The molecule has 144 valence electrons. The van der Waals surface area contributed by atoms with Gasteiger partial charge in [0, 0.05) is 46.4 Å². The van der Waals surface area contributed by atoms with Crippen LogP contribution in [0.5, 0.6) is 0 Å². The first-order chi connectivity index (χ1) is 12.2. The number of amides is 1. The maximum atomic E-state index is 11.7. The molecule has 0 atom stereocenters. The van der Waals surface area contributed by atoms with Gasteiger partial charge in [0.1, 0.15) is 0 Å². The summed E-state index contributed by atoms with van der Waals surface area (Å²) in [4.78, 5) is 20.1. The number of carbonyl (C=O) groups excluding carboxylic acids is 1. The Kier molecular flexibility index (Phi) is 8.86. The second kappa shape index (κ2) is 11.2. The summed E-state index contributed by atoms with van der Waals surface area (Å²) in [5, 5.41) is 3.41. The highest BCUT2D eigenvalue weighted by Crippen LogP contribution is 2.20. The predicted octanol–water partition coefficient (Wildman–Crippen LogP) is 2.08. The van der Waals surface area contributed by atoms with Crippen LogP contribution in [0.15, 0.2) is 4.99 Å². The zero-order valence-electron chi connectivity index (χ0n) is 15.8. The molecule has 0 unspecified atom stereocenters. The molecule has 0 aromatic carbocycles. The highest BCUT2D eigenvalue weighted by Gasteiger charge is 2.23. The number of piperazine rings is 1. The van der Waals surface area contributed by atoms with Crippen molar-refractivity contribution in [2.45, 2.75) is 51.6 Å². The third-order valence-corrected chi connectivity index (χ3v) is 4.83. The van der Waals surface area contributed by atoms with Gasteiger partial charge >= 0.3 is 6.09 Å². The highest BCUT2D eigenvalue weighted by molar-refractivity contribution is 5.80. The Balaban J connectivity index is 1.60. The average molecular weight is 354 g/mol. The van der Waals surface area contributed by atoms with Crippen LogP contribution in [-0.2, 0) is 9.47 Å². The normalized spacial score (nSPS) is 19.8. The van der Waals surface area contributed by atoms with Crippen molar-refractivity contribution < 1.29 is 14.3 Å². The van der Waals surface area contributed by atoms with Crippen LogP contribution in [-0.4, -0.2) is 80.9 Å². The molecule has 2 fully saturated rings. The Morgan fingerprint density at radius 2 is 1.80 bits per heavy atom. The van der Waals surface area contributed by atoms with E-state index in [1.807, 2.05) is 6.92 Å². The number of rotatable bonds is 6. The fourth-order valence-electron chi connectivity index (χ4n) is 3.40. The predicted molar refractivity (Wildman–Crippen MR) is 99.0 cm³/mol. The van der Waals surface area contributed by atoms with Crippen LogP contribution in [0.2, 0.25) is 0 Å². The minimum Gasteiger partial charge on any atom is -0.450 e. The van der Waals surface area contributed by atoms with Crippen LogP contribution in [0.25, 0.3) is 0 Å². The maximum absolute atomic E-state index is 11.7. The standard InChI is InChI=1S/C18H34N4O3/c1-3-24-18(23)22-13-11-21(12-14-22)17(19-2)20-10-7-15-25-16-8-5-4-6-9-16/h16H,3-15H2,1-2H3,(H,19,20). The van der Waals surface area contributed by atoms with Crippen LogP contribution in [0.4, 0.5) is 4.79 Å². The summed E-state index contributed by atoms with van der Waals surface area (Å²) in [6.45, 7) is 6.81. The Morgan fingerprint density at radius 3 is 2.44 bits per heavy atom. The fraction of sp³-hybridized carbons (Fsp3) is 0.889. The van der Waals surface area contributed by atoms with Gasteiger partial charge in [-0.25, -0.2) is 4.79 Å². The third kappa shape index (κ3) is 6.72. The molecule has 0 aromatic heterocycles. The number of nitrogens with one attached hydrogen (secondary N) is 1. The maximum Gasteiger partial charge on any atom is 0.409 e. The van der Waals surface area contributed by atoms with Crippen LogP contribution in [0.3, 0.4) is 0 Å². The number of guanidine groups is 1. The van der Waals surface area contributed by atoms with E-state index in [4.69, 9.17) is 9.47 Å². The lowest BCUT2D eigenvalue weighted by atomic mass is 9.98. The van der Waals surface area contributed by atoms with E-state index < -0.39 is 0 Å². The lowest BCUT2D eigenvalue weighted by molar-refractivity contribution is 0.0276. The Labute approximate surface area is 151 Å². The van der Waals surface area contributed by atoms with Gasteiger partial charge in [0.25, 0.3) is 0 Å². The van der Waals surface area contributed by atoms with E-state index in [1.165, 1.54) is 32.1 Å². The molecule has 0 spiro atoms. The fourth-order valence-corrected chi connectivity index (χ4v) is 3.40. The first-order valence-electron chi connectivity index (χ1n) is 9.73. The van der Waals surface area contributed by atoms with Gasteiger partial charge in [-0.05, 0) is 26.2 Å². The van der Waals surface area contributed by atoms with Gasteiger partial charge in [0.15, 0.2) is 5.96 Å². The SMILES string of the molecule is CCOC(=O)N1CCN(C(=NC)NCCCOC2CCCCC2)CC1. The number of ether oxygens (including phenoxy) is 2. The van der Waals surface area contributed by atoms with Crippen molar-refractivity contribution in [1.82, 2.24) is 15.1 Å². The summed E-state index contributed by atoms with van der Waals surface area (Å²) in [5.74, 6) is 0.904. The second-order valence-electron chi connectivity index (χ2n) is 6.63. The van der Waals surface area contributed by atoms with Crippen molar-refractivity contribution in [3.63, 3.8) is 0 Å². The van der Waals surface area contributed by atoms with Crippen molar-refractivity contribution in [2.75, 3.05) is 53.0 Å². The van der Waals surface area contributed by atoms with Crippen molar-refractivity contribution in [3.05, 3.63) is 0 Å². The number of hydrogen-bond donors (Lipinski definition) is 1. The summed E-state index contributed by atoms with van der Waals surface area (Å²) < 4.78 is 11.0. The van der Waals surface area contributed by atoms with E-state index in [1.54, 1.807) is 11.9 Å². The lowest BCUT2D eigenvalue weighted by Gasteiger charge is -2.35. The minimum absolute atomic E-state index is 0.218. The minimum atomic E-state index is -0.218. The van der Waals surface area contributed by atoms with Gasteiger partial charge in [-0.1, -0.05) is 19.3 Å². The number of hydrogen-bond acceptors (Lipinski definition) is 4. The Morgan fingerprint density at radius 1 is 1.12 bits per heavy atom. The van der Waals surface area contributed by atoms with E-state index in [0.29, 0.717) is 25.8 Å². The van der Waals surface area contributed by atoms with Crippen LogP contribution < -0.4 is 5.32 Å². The van der Waals surface area contributed by atoms with Gasteiger partial charge in [0.05, 0.1) is 12.7 Å². The molecule has 1 saturated carbocycles. The lowest BCUT2D eigenvalue weighted by Crippen LogP contribution is -2.54. The largest absolute Gasteiger partial charge is 0.450 e. The number of carbonyl (C=O) groups is 1. The van der Waals surface area contributed by atoms with Crippen molar-refractivity contribution in [2.24, 2.45) is 4.99 Å². The zero-order valence-corrected chi connectivity index (χ0v) is 15.8. The molecule has 1 saturated heterocycles. The summed E-state index contributed by atoms with van der Waals surface area (Å²) in [5.41, 5.74) is 0. The molecule has 7 nitrogen and oxygen atoms in total. The molecule has 0 aromatic rings. The monoisotopic (exact) mass is 354 g/mol. The van der Waals surface area contributed by atoms with Crippen molar-refractivity contribution in [1.29, 1.82) is 0 Å². The van der Waals surface area contributed by atoms with E-state index >= 15 is 0 Å². The second-order valence-corrected chi connectivity index (χ2v) is 6.63. The number of aliphatic imine (C=N–C) groups is 1. The van der Waals surface area contributed by atoms with Crippen LogP contribution in [0, 0.1) is 0 Å². The van der Waals surface area contributed by atoms with Gasteiger partial charge in [-0.15, -0.1) is 0 Å². The van der Waals surface area contributed by atoms with E-state index in [-0.39, 0.29) is 6.09 Å². The third-order valence-electron chi connectivity index (χ3n) is 4.83. The summed E-state index contributed by atoms with van der Waals surface area (Å²) in [6.07, 6.45) is 7.67. The number of nitrogens with zero attached hydrogens (tertiary/aromatic N) is 3. The van der Waals surface area contributed by atoms with E-state index in [0.717, 1.165) is 38.6 Å². The van der Waals surface area contributed by atoms with Gasteiger partial charge < -0.3 is 24.6 Å². The van der Waals surface area contributed by atoms with Crippen LogP contribution >= 0.6 is 0 Å². The molecule has 1 aliphatic heterocycles. The molecular weight excluding hydrogens is 320 g/mol. The first-order valence-corrected chi connectivity index (χ1v) is 9.73. The smallest absolute Gasteiger partial charge is 0.409 e. The topological polar surface area (TPSA) is 66.4 Å². The summed E-state index contributed by atoms with van der Waals surface area (Å²) in [7, 11) is 1.80. The van der Waals surface area contributed by atoms with Gasteiger partial charge in [0.2, 0.25) is 0 Å². The van der Waals surface area contributed by atoms with Crippen molar-refractivity contribution >= 4 is 12.1 Å². The van der Waals surface area contributed by atoms with E-state index in [2.05, 4.69) is 15.2 Å². The highest BCUT2D eigenvalue weighted by atomic mass is 16.6. The molecular formula is C18H34N4O3. The average Bonchev–Trinajstić information content (AvgIpc) is 2.66. The van der Waals surface area contributed by atoms with Gasteiger partial charge in [-0.3, -0.25) is 4.99 Å². The Hall–Kier alpha value is -1.50. The first kappa shape index (κ1) is 19.8.